The molecule has 118 valence electrons. The van der Waals surface area contributed by atoms with Crippen molar-refractivity contribution in [1.82, 2.24) is 9.21 Å². The fourth-order valence-electron chi connectivity index (χ4n) is 2.57. The Morgan fingerprint density at radius 3 is 2.43 bits per heavy atom. The van der Waals surface area contributed by atoms with Crippen LogP contribution in [0.3, 0.4) is 0 Å². The lowest BCUT2D eigenvalue weighted by Crippen LogP contribution is -2.51. The lowest BCUT2D eigenvalue weighted by Gasteiger charge is -2.37. The van der Waals surface area contributed by atoms with E-state index in [9.17, 15) is 8.42 Å². The van der Waals surface area contributed by atoms with E-state index in [0.717, 1.165) is 19.5 Å². The third kappa shape index (κ3) is 3.34. The van der Waals surface area contributed by atoms with Crippen LogP contribution in [0, 0.1) is 0 Å². The number of hydrogen-bond acceptors (Lipinski definition) is 4. The van der Waals surface area contributed by atoms with Crippen LogP contribution in [0.2, 0.25) is 5.02 Å². The molecule has 0 radical (unpaired) electrons. The van der Waals surface area contributed by atoms with E-state index in [-0.39, 0.29) is 15.6 Å². The van der Waals surface area contributed by atoms with Gasteiger partial charge in [0.1, 0.15) is 4.90 Å². The van der Waals surface area contributed by atoms with E-state index < -0.39 is 10.0 Å². The molecule has 1 unspecified atom stereocenters. The Bertz CT molecular complexity index is 578. The van der Waals surface area contributed by atoms with Crippen LogP contribution in [0.15, 0.2) is 23.1 Å². The summed E-state index contributed by atoms with van der Waals surface area (Å²) in [5.74, 6) is 0. The topological polar surface area (TPSA) is 66.6 Å². The second kappa shape index (κ2) is 6.52. The predicted octanol–water partition coefficient (Wildman–Crippen LogP) is 2.03. The zero-order valence-corrected chi connectivity index (χ0v) is 14.0. The van der Waals surface area contributed by atoms with Crippen LogP contribution in [0.5, 0.6) is 0 Å². The van der Waals surface area contributed by atoms with Crippen molar-refractivity contribution in [2.24, 2.45) is 0 Å². The molecule has 0 amide bonds. The number of anilines is 1. The largest absolute Gasteiger partial charge is 0.398 e. The van der Waals surface area contributed by atoms with Crippen molar-refractivity contribution < 1.29 is 8.42 Å². The van der Waals surface area contributed by atoms with Crippen LogP contribution in [-0.4, -0.2) is 49.8 Å². The van der Waals surface area contributed by atoms with Gasteiger partial charge in [-0.25, -0.2) is 8.42 Å². The smallest absolute Gasteiger partial charge is 0.246 e. The zero-order valence-electron chi connectivity index (χ0n) is 12.4. The number of benzene rings is 1. The summed E-state index contributed by atoms with van der Waals surface area (Å²) in [6, 6.07) is 5.24. The maximum atomic E-state index is 12.7. The summed E-state index contributed by atoms with van der Waals surface area (Å²) in [7, 11) is -3.63. The summed E-state index contributed by atoms with van der Waals surface area (Å²) >= 11 is 6.04. The Morgan fingerprint density at radius 1 is 1.29 bits per heavy atom. The predicted molar refractivity (Wildman–Crippen MR) is 85.9 cm³/mol. The van der Waals surface area contributed by atoms with Crippen molar-refractivity contribution >= 4 is 27.3 Å². The first kappa shape index (κ1) is 16.5. The molecule has 0 bridgehead atoms. The highest BCUT2D eigenvalue weighted by molar-refractivity contribution is 7.89. The average molecular weight is 332 g/mol. The van der Waals surface area contributed by atoms with Crippen molar-refractivity contribution in [3.63, 3.8) is 0 Å². The summed E-state index contributed by atoms with van der Waals surface area (Å²) in [4.78, 5) is 2.34. The quantitative estimate of drug-likeness (QED) is 0.857. The number of nitrogens with zero attached hydrogens (tertiary/aromatic N) is 2. The van der Waals surface area contributed by atoms with E-state index in [1.54, 1.807) is 18.2 Å². The molecule has 0 aromatic heterocycles. The molecule has 0 aliphatic carbocycles. The van der Waals surface area contributed by atoms with E-state index in [2.05, 4.69) is 18.7 Å². The number of rotatable bonds is 4. The van der Waals surface area contributed by atoms with E-state index in [0.29, 0.717) is 19.1 Å². The molecule has 1 aromatic carbocycles. The highest BCUT2D eigenvalue weighted by Crippen LogP contribution is 2.30. The average Bonchev–Trinajstić information content (AvgIpc) is 2.46. The highest BCUT2D eigenvalue weighted by atomic mass is 35.5. The summed E-state index contributed by atoms with van der Waals surface area (Å²) in [6.45, 7) is 6.71. The summed E-state index contributed by atoms with van der Waals surface area (Å²) < 4.78 is 26.9. The van der Waals surface area contributed by atoms with Crippen molar-refractivity contribution in [2.75, 3.05) is 31.9 Å². The SMILES string of the molecule is CCC(C)N1CCN(S(=O)(=O)c2c(N)cccc2Cl)CC1. The molecule has 7 heteroatoms. The Hall–Kier alpha value is -0.820. The third-order valence-corrected chi connectivity index (χ3v) is 6.53. The highest BCUT2D eigenvalue weighted by Gasteiger charge is 2.32. The number of sulfonamides is 1. The fraction of sp³-hybridized carbons (Fsp3) is 0.571. The van der Waals surface area contributed by atoms with Gasteiger partial charge in [0.25, 0.3) is 0 Å². The normalized spacial score (nSPS) is 19.6. The molecule has 1 aliphatic heterocycles. The van der Waals surface area contributed by atoms with Crippen LogP contribution < -0.4 is 5.73 Å². The van der Waals surface area contributed by atoms with Gasteiger partial charge >= 0.3 is 0 Å². The molecule has 5 nitrogen and oxygen atoms in total. The second-order valence-electron chi connectivity index (χ2n) is 5.36. The fourth-order valence-corrected chi connectivity index (χ4v) is 4.63. The van der Waals surface area contributed by atoms with Gasteiger partial charge in [-0.15, -0.1) is 0 Å². The molecule has 1 fully saturated rings. The van der Waals surface area contributed by atoms with Gasteiger partial charge in [0.05, 0.1) is 10.7 Å². The lowest BCUT2D eigenvalue weighted by atomic mass is 10.2. The first-order valence-corrected chi connectivity index (χ1v) is 8.98. The molecule has 0 spiro atoms. The van der Waals surface area contributed by atoms with Crippen LogP contribution in [-0.2, 0) is 10.0 Å². The molecular formula is C14H22ClN3O2S. The number of nitrogen functional groups attached to an aromatic ring is 1. The molecular weight excluding hydrogens is 310 g/mol. The van der Waals surface area contributed by atoms with Gasteiger partial charge in [-0.05, 0) is 25.5 Å². The minimum Gasteiger partial charge on any atom is -0.398 e. The van der Waals surface area contributed by atoms with Crippen molar-refractivity contribution in [3.05, 3.63) is 23.2 Å². The monoisotopic (exact) mass is 331 g/mol. The van der Waals surface area contributed by atoms with Crippen molar-refractivity contribution in [3.8, 4) is 0 Å². The number of piperazine rings is 1. The first-order valence-electron chi connectivity index (χ1n) is 7.16. The van der Waals surface area contributed by atoms with E-state index in [1.165, 1.54) is 4.31 Å². The summed E-state index contributed by atoms with van der Waals surface area (Å²) in [5, 5.41) is 0.180. The molecule has 2 rings (SSSR count). The maximum Gasteiger partial charge on any atom is 0.246 e. The molecule has 2 N–H and O–H groups in total. The Balaban J connectivity index is 2.19. The Kier molecular flexibility index (Phi) is 5.14. The number of halogens is 1. The van der Waals surface area contributed by atoms with Crippen LogP contribution in [0.1, 0.15) is 20.3 Å². The first-order chi connectivity index (χ1) is 9.87. The zero-order chi connectivity index (χ0) is 15.6. The van der Waals surface area contributed by atoms with Crippen LogP contribution >= 0.6 is 11.6 Å². The van der Waals surface area contributed by atoms with Crippen molar-refractivity contribution in [1.29, 1.82) is 0 Å². The van der Waals surface area contributed by atoms with E-state index >= 15 is 0 Å². The van der Waals surface area contributed by atoms with Crippen molar-refractivity contribution in [2.45, 2.75) is 31.2 Å². The van der Waals surface area contributed by atoms with Gasteiger partial charge in [0, 0.05) is 32.2 Å². The Labute approximate surface area is 131 Å². The summed E-state index contributed by atoms with van der Waals surface area (Å²) in [5.41, 5.74) is 6.01. The van der Waals surface area contributed by atoms with Gasteiger partial charge in [-0.1, -0.05) is 24.6 Å². The molecule has 1 saturated heterocycles. The van der Waals surface area contributed by atoms with E-state index in [4.69, 9.17) is 17.3 Å². The molecule has 1 aliphatic rings. The maximum absolute atomic E-state index is 12.7. The molecule has 1 atom stereocenters. The van der Waals surface area contributed by atoms with Gasteiger partial charge in [0.2, 0.25) is 10.0 Å². The molecule has 21 heavy (non-hydrogen) atoms. The van der Waals surface area contributed by atoms with Gasteiger partial charge in [-0.3, -0.25) is 4.90 Å². The molecule has 0 saturated carbocycles. The minimum absolute atomic E-state index is 0.0312. The van der Waals surface area contributed by atoms with E-state index in [1.807, 2.05) is 0 Å². The summed E-state index contributed by atoms with van der Waals surface area (Å²) in [6.07, 6.45) is 1.06. The number of hydrogen-bond donors (Lipinski definition) is 1. The van der Waals surface area contributed by atoms with Crippen LogP contribution in [0.4, 0.5) is 5.69 Å². The standard InChI is InChI=1S/C14H22ClN3O2S/c1-3-11(2)17-7-9-18(10-8-17)21(19,20)14-12(15)5-4-6-13(14)16/h4-6,11H,3,7-10,16H2,1-2H3. The molecule has 1 heterocycles. The number of nitrogens with two attached hydrogens (primary N) is 1. The second-order valence-corrected chi connectivity index (χ2v) is 7.64. The lowest BCUT2D eigenvalue weighted by molar-refractivity contribution is 0.142. The Morgan fingerprint density at radius 2 is 1.90 bits per heavy atom. The van der Waals surface area contributed by atoms with Gasteiger partial charge in [-0.2, -0.15) is 4.31 Å². The molecule has 1 aromatic rings. The minimum atomic E-state index is -3.63. The van der Waals surface area contributed by atoms with Crippen LogP contribution in [0.25, 0.3) is 0 Å². The third-order valence-electron chi connectivity index (χ3n) is 4.08. The van der Waals surface area contributed by atoms with Gasteiger partial charge in [0.15, 0.2) is 0 Å². The van der Waals surface area contributed by atoms with Gasteiger partial charge < -0.3 is 5.73 Å².